The summed E-state index contributed by atoms with van der Waals surface area (Å²) in [7, 11) is 3.57. The molecule has 0 aliphatic heterocycles. The van der Waals surface area contributed by atoms with Gasteiger partial charge in [0, 0.05) is 12.7 Å². The lowest BCUT2D eigenvalue weighted by Gasteiger charge is -2.25. The summed E-state index contributed by atoms with van der Waals surface area (Å²) in [6, 6.07) is 17.7. The highest BCUT2D eigenvalue weighted by atomic mass is 16.5. The molecule has 1 atom stereocenters. The van der Waals surface area contributed by atoms with Crippen LogP contribution in [-0.4, -0.2) is 26.6 Å². The van der Waals surface area contributed by atoms with Crippen molar-refractivity contribution in [1.82, 2.24) is 5.32 Å². The maximum absolute atomic E-state index is 12.5. The summed E-state index contributed by atoms with van der Waals surface area (Å²) in [4.78, 5) is 14.4. The Kier molecular flexibility index (Phi) is 6.24. The molecular weight excluding hydrogens is 300 g/mol. The van der Waals surface area contributed by atoms with Crippen LogP contribution in [0.4, 0.5) is 5.69 Å². The van der Waals surface area contributed by atoms with Gasteiger partial charge in [-0.3, -0.25) is 4.79 Å². The van der Waals surface area contributed by atoms with Gasteiger partial charge in [0.15, 0.2) is 0 Å². The molecule has 0 spiro atoms. The molecule has 0 heterocycles. The van der Waals surface area contributed by atoms with E-state index >= 15 is 0 Å². The van der Waals surface area contributed by atoms with E-state index in [1.54, 1.807) is 7.11 Å². The maximum atomic E-state index is 12.5. The predicted molar refractivity (Wildman–Crippen MR) is 98.4 cm³/mol. The second-order valence-electron chi connectivity index (χ2n) is 6.25. The molecular formula is C20H26N2O2. The van der Waals surface area contributed by atoms with Gasteiger partial charge in [-0.25, -0.2) is 0 Å². The van der Waals surface area contributed by atoms with Crippen molar-refractivity contribution in [2.45, 2.75) is 19.9 Å². The Morgan fingerprint density at radius 2 is 1.71 bits per heavy atom. The van der Waals surface area contributed by atoms with Crippen LogP contribution < -0.4 is 15.0 Å². The molecule has 128 valence electrons. The van der Waals surface area contributed by atoms with Crippen LogP contribution in [0.15, 0.2) is 54.6 Å². The van der Waals surface area contributed by atoms with Crippen molar-refractivity contribution in [1.29, 1.82) is 0 Å². The van der Waals surface area contributed by atoms with Crippen LogP contribution in [-0.2, 0) is 4.79 Å². The van der Waals surface area contributed by atoms with Crippen LogP contribution in [0.2, 0.25) is 0 Å². The quantitative estimate of drug-likeness (QED) is 0.844. The minimum absolute atomic E-state index is 0.0101. The second kappa shape index (κ2) is 8.39. The van der Waals surface area contributed by atoms with Crippen molar-refractivity contribution in [3.63, 3.8) is 0 Å². The number of hydrogen-bond acceptors (Lipinski definition) is 3. The molecule has 0 radical (unpaired) electrons. The lowest BCUT2D eigenvalue weighted by Crippen LogP contribution is -2.39. The monoisotopic (exact) mass is 326 g/mol. The molecule has 0 bridgehead atoms. The molecule has 0 fully saturated rings. The third-order valence-electron chi connectivity index (χ3n) is 4.04. The Morgan fingerprint density at radius 1 is 1.08 bits per heavy atom. The molecule has 0 aliphatic carbocycles. The van der Waals surface area contributed by atoms with Gasteiger partial charge in [-0.1, -0.05) is 44.2 Å². The van der Waals surface area contributed by atoms with Gasteiger partial charge in [0.1, 0.15) is 5.75 Å². The number of ether oxygens (including phenoxy) is 1. The molecule has 2 aromatic rings. The Labute approximate surface area is 144 Å². The van der Waals surface area contributed by atoms with E-state index in [9.17, 15) is 4.79 Å². The molecule has 0 aromatic heterocycles. The predicted octanol–water partition coefficient (Wildman–Crippen LogP) is 3.64. The summed E-state index contributed by atoms with van der Waals surface area (Å²) < 4.78 is 5.20. The highest BCUT2D eigenvalue weighted by Gasteiger charge is 2.19. The molecule has 0 saturated heterocycles. The summed E-state index contributed by atoms with van der Waals surface area (Å²) in [5.74, 6) is 1.12. The van der Waals surface area contributed by atoms with Gasteiger partial charge in [-0.2, -0.15) is 0 Å². The first-order chi connectivity index (χ1) is 11.5. The number of nitrogens with zero attached hydrogens (tertiary/aromatic N) is 1. The zero-order valence-electron chi connectivity index (χ0n) is 14.8. The lowest BCUT2D eigenvalue weighted by atomic mass is 9.96. The summed E-state index contributed by atoms with van der Waals surface area (Å²) in [5, 5.41) is 3.15. The van der Waals surface area contributed by atoms with E-state index in [2.05, 4.69) is 19.2 Å². The van der Waals surface area contributed by atoms with Crippen molar-refractivity contribution < 1.29 is 9.53 Å². The minimum Gasteiger partial charge on any atom is -0.497 e. The van der Waals surface area contributed by atoms with Crippen LogP contribution in [0.25, 0.3) is 0 Å². The molecule has 0 saturated carbocycles. The summed E-state index contributed by atoms with van der Waals surface area (Å²) >= 11 is 0. The molecule has 2 rings (SSSR count). The molecule has 4 nitrogen and oxygen atoms in total. The highest BCUT2D eigenvalue weighted by Crippen LogP contribution is 2.24. The topological polar surface area (TPSA) is 41.6 Å². The number of hydrogen-bond donors (Lipinski definition) is 1. The molecule has 4 heteroatoms. The third kappa shape index (κ3) is 4.75. The second-order valence-corrected chi connectivity index (χ2v) is 6.25. The largest absolute Gasteiger partial charge is 0.497 e. The van der Waals surface area contributed by atoms with Crippen molar-refractivity contribution >= 4 is 11.6 Å². The third-order valence-corrected chi connectivity index (χ3v) is 4.04. The zero-order valence-corrected chi connectivity index (χ0v) is 14.8. The normalized spacial score (nSPS) is 11.9. The van der Waals surface area contributed by atoms with Crippen molar-refractivity contribution in [2.24, 2.45) is 5.92 Å². The first kappa shape index (κ1) is 17.9. The number of para-hydroxylation sites is 1. The van der Waals surface area contributed by atoms with Gasteiger partial charge in [-0.05, 0) is 35.7 Å². The molecule has 0 aliphatic rings. The number of carbonyl (C=O) groups is 1. The van der Waals surface area contributed by atoms with Gasteiger partial charge in [-0.15, -0.1) is 0 Å². The van der Waals surface area contributed by atoms with Gasteiger partial charge >= 0.3 is 0 Å². The number of anilines is 1. The average molecular weight is 326 g/mol. The van der Waals surface area contributed by atoms with Crippen LogP contribution in [0.5, 0.6) is 5.75 Å². The van der Waals surface area contributed by atoms with E-state index in [1.165, 1.54) is 0 Å². The summed E-state index contributed by atoms with van der Waals surface area (Å²) in [6.45, 7) is 4.54. The standard InChI is InChI=1S/C20H26N2O2/c1-15(2)20(16-10-12-18(24-4)13-11-16)21-19(23)14-22(3)17-8-6-5-7-9-17/h5-13,15,20H,14H2,1-4H3,(H,21,23). The van der Waals surface area contributed by atoms with Crippen molar-refractivity contribution in [2.75, 3.05) is 25.6 Å². The Bertz CT molecular complexity index is 638. The van der Waals surface area contributed by atoms with E-state index in [-0.39, 0.29) is 11.9 Å². The number of likely N-dealkylation sites (N-methyl/N-ethyl adjacent to an activating group) is 1. The van der Waals surface area contributed by atoms with Gasteiger partial charge in [0.2, 0.25) is 5.91 Å². The van der Waals surface area contributed by atoms with Crippen LogP contribution >= 0.6 is 0 Å². The van der Waals surface area contributed by atoms with Crippen LogP contribution in [0.3, 0.4) is 0 Å². The van der Waals surface area contributed by atoms with Crippen LogP contribution in [0, 0.1) is 5.92 Å². The molecule has 24 heavy (non-hydrogen) atoms. The number of methoxy groups -OCH3 is 1. The Balaban J connectivity index is 2.02. The summed E-state index contributed by atoms with van der Waals surface area (Å²) in [6.07, 6.45) is 0. The number of benzene rings is 2. The number of carbonyl (C=O) groups excluding carboxylic acids is 1. The van der Waals surface area contributed by atoms with E-state index in [0.29, 0.717) is 12.5 Å². The van der Waals surface area contributed by atoms with Crippen molar-refractivity contribution in [3.8, 4) is 5.75 Å². The lowest BCUT2D eigenvalue weighted by molar-refractivity contribution is -0.120. The molecule has 1 unspecified atom stereocenters. The fraction of sp³-hybridized carbons (Fsp3) is 0.350. The maximum Gasteiger partial charge on any atom is 0.239 e. The Morgan fingerprint density at radius 3 is 2.25 bits per heavy atom. The summed E-state index contributed by atoms with van der Waals surface area (Å²) in [5.41, 5.74) is 2.11. The first-order valence-corrected chi connectivity index (χ1v) is 8.20. The van der Waals surface area contributed by atoms with Gasteiger partial charge in [0.05, 0.1) is 19.7 Å². The van der Waals surface area contributed by atoms with E-state index in [0.717, 1.165) is 17.0 Å². The Hall–Kier alpha value is -2.49. The van der Waals surface area contributed by atoms with Gasteiger partial charge < -0.3 is 15.0 Å². The van der Waals surface area contributed by atoms with E-state index < -0.39 is 0 Å². The van der Waals surface area contributed by atoms with E-state index in [1.807, 2.05) is 66.5 Å². The average Bonchev–Trinajstić information content (AvgIpc) is 2.60. The molecule has 1 N–H and O–H groups in total. The number of amides is 1. The SMILES string of the molecule is COc1ccc(C(NC(=O)CN(C)c2ccccc2)C(C)C)cc1. The minimum atomic E-state index is -0.0208. The van der Waals surface area contributed by atoms with E-state index in [4.69, 9.17) is 4.74 Å². The fourth-order valence-electron chi connectivity index (χ4n) is 2.65. The molecule has 2 aromatic carbocycles. The number of nitrogens with one attached hydrogen (secondary N) is 1. The molecule has 1 amide bonds. The number of rotatable bonds is 7. The van der Waals surface area contributed by atoms with Gasteiger partial charge in [0.25, 0.3) is 0 Å². The first-order valence-electron chi connectivity index (χ1n) is 8.20. The highest BCUT2D eigenvalue weighted by molar-refractivity contribution is 5.81. The van der Waals surface area contributed by atoms with Crippen molar-refractivity contribution in [3.05, 3.63) is 60.2 Å². The fourth-order valence-corrected chi connectivity index (χ4v) is 2.65. The smallest absolute Gasteiger partial charge is 0.239 e. The zero-order chi connectivity index (χ0) is 17.5. The van der Waals surface area contributed by atoms with Crippen LogP contribution in [0.1, 0.15) is 25.5 Å².